The minimum absolute atomic E-state index is 0.0612. The van der Waals surface area contributed by atoms with Crippen molar-refractivity contribution in [2.24, 2.45) is 0 Å². The van der Waals surface area contributed by atoms with Crippen LogP contribution in [-0.4, -0.2) is 26.1 Å². The van der Waals surface area contributed by atoms with E-state index in [-0.39, 0.29) is 17.3 Å². The fourth-order valence-corrected chi connectivity index (χ4v) is 3.12. The molecule has 0 unspecified atom stereocenters. The van der Waals surface area contributed by atoms with Gasteiger partial charge in [0.15, 0.2) is 5.16 Å². The Morgan fingerprint density at radius 3 is 2.77 bits per heavy atom. The van der Waals surface area contributed by atoms with Crippen LogP contribution in [0.4, 0.5) is 11.4 Å². The van der Waals surface area contributed by atoms with Crippen LogP contribution in [-0.2, 0) is 11.3 Å². The average molecular weight is 368 g/mol. The summed E-state index contributed by atoms with van der Waals surface area (Å²) in [4.78, 5) is 26.7. The average Bonchev–Trinajstić information content (AvgIpc) is 3.08. The molecule has 0 spiro atoms. The lowest BCUT2D eigenvalue weighted by Crippen LogP contribution is -2.14. The number of carbonyl (C=O) groups excluding carboxylic acids is 1. The first kappa shape index (κ1) is 17.7. The normalized spacial score (nSPS) is 10.5. The second-order valence-electron chi connectivity index (χ2n) is 5.47. The Morgan fingerprint density at radius 2 is 2.00 bits per heavy atom. The third-order valence-electron chi connectivity index (χ3n) is 3.55. The molecule has 3 rings (SSSR count). The largest absolute Gasteiger partial charge is 0.325 e. The van der Waals surface area contributed by atoms with Crippen LogP contribution in [0, 0.1) is 10.1 Å². The van der Waals surface area contributed by atoms with E-state index in [1.165, 1.54) is 30.0 Å². The fourth-order valence-electron chi connectivity index (χ4n) is 2.36. The third kappa shape index (κ3) is 4.70. The van der Waals surface area contributed by atoms with Crippen molar-refractivity contribution < 1.29 is 9.72 Å². The van der Waals surface area contributed by atoms with Crippen LogP contribution in [0.1, 0.15) is 5.56 Å². The SMILES string of the molecule is O=C(CSc1nccn1Cc1ccccc1)Nc1cccc([N+](=O)[O-])c1. The predicted octanol–water partition coefficient (Wildman–Crippen LogP) is 3.57. The Hall–Kier alpha value is -3.13. The Balaban J connectivity index is 1.58. The van der Waals surface area contributed by atoms with Gasteiger partial charge in [-0.2, -0.15) is 0 Å². The highest BCUT2D eigenvalue weighted by Crippen LogP contribution is 2.20. The Kier molecular flexibility index (Phi) is 5.65. The number of nitrogens with zero attached hydrogens (tertiary/aromatic N) is 3. The Labute approximate surface area is 154 Å². The number of anilines is 1. The second kappa shape index (κ2) is 8.30. The van der Waals surface area contributed by atoms with E-state index in [4.69, 9.17) is 0 Å². The van der Waals surface area contributed by atoms with Crippen molar-refractivity contribution in [3.63, 3.8) is 0 Å². The molecule has 132 valence electrons. The molecular weight excluding hydrogens is 352 g/mol. The number of rotatable bonds is 7. The maximum atomic E-state index is 12.1. The summed E-state index contributed by atoms with van der Waals surface area (Å²) in [5, 5.41) is 14.2. The number of nitro groups is 1. The smallest absolute Gasteiger partial charge is 0.271 e. The van der Waals surface area contributed by atoms with Crippen molar-refractivity contribution in [2.75, 3.05) is 11.1 Å². The van der Waals surface area contributed by atoms with Crippen molar-refractivity contribution in [3.05, 3.63) is 82.7 Å². The van der Waals surface area contributed by atoms with Crippen molar-refractivity contribution in [1.82, 2.24) is 9.55 Å². The molecule has 0 aliphatic carbocycles. The van der Waals surface area contributed by atoms with Crippen molar-refractivity contribution in [1.29, 1.82) is 0 Å². The van der Waals surface area contributed by atoms with Gasteiger partial charge >= 0.3 is 0 Å². The molecular formula is C18H16N4O3S. The molecule has 8 heteroatoms. The van der Waals surface area contributed by atoms with Crippen LogP contribution in [0.5, 0.6) is 0 Å². The van der Waals surface area contributed by atoms with E-state index >= 15 is 0 Å². The fraction of sp³-hybridized carbons (Fsp3) is 0.111. The van der Waals surface area contributed by atoms with Gasteiger partial charge in [-0.05, 0) is 11.6 Å². The number of non-ortho nitro benzene ring substituents is 1. The van der Waals surface area contributed by atoms with Crippen LogP contribution >= 0.6 is 11.8 Å². The molecule has 7 nitrogen and oxygen atoms in total. The molecule has 0 aliphatic rings. The van der Waals surface area contributed by atoms with Crippen LogP contribution in [0.2, 0.25) is 0 Å². The summed E-state index contributed by atoms with van der Waals surface area (Å²) >= 11 is 1.32. The number of nitro benzene ring substituents is 1. The number of nitrogens with one attached hydrogen (secondary N) is 1. The summed E-state index contributed by atoms with van der Waals surface area (Å²) in [6.45, 7) is 0.676. The van der Waals surface area contributed by atoms with Gasteiger partial charge in [0.2, 0.25) is 5.91 Å². The molecule has 0 radical (unpaired) electrons. The first-order valence-corrected chi connectivity index (χ1v) is 8.82. The molecule has 0 aliphatic heterocycles. The van der Waals surface area contributed by atoms with Gasteiger partial charge in [-0.15, -0.1) is 0 Å². The number of amides is 1. The highest BCUT2D eigenvalue weighted by molar-refractivity contribution is 7.99. The summed E-state index contributed by atoms with van der Waals surface area (Å²) < 4.78 is 1.97. The van der Waals surface area contributed by atoms with E-state index in [0.717, 1.165) is 10.7 Å². The first-order valence-electron chi connectivity index (χ1n) is 7.84. The summed E-state index contributed by atoms with van der Waals surface area (Å²) in [5.41, 5.74) is 1.49. The van der Waals surface area contributed by atoms with Gasteiger partial charge in [-0.1, -0.05) is 48.2 Å². The maximum absolute atomic E-state index is 12.1. The van der Waals surface area contributed by atoms with Gasteiger partial charge in [-0.3, -0.25) is 14.9 Å². The number of hydrogen-bond donors (Lipinski definition) is 1. The van der Waals surface area contributed by atoms with Crippen LogP contribution in [0.3, 0.4) is 0 Å². The molecule has 0 saturated carbocycles. The van der Waals surface area contributed by atoms with Gasteiger partial charge in [0.25, 0.3) is 5.69 Å². The zero-order valence-corrected chi connectivity index (χ0v) is 14.6. The molecule has 3 aromatic rings. The van der Waals surface area contributed by atoms with Crippen molar-refractivity contribution in [2.45, 2.75) is 11.7 Å². The molecule has 0 fully saturated rings. The monoisotopic (exact) mass is 368 g/mol. The quantitative estimate of drug-likeness (QED) is 0.391. The lowest BCUT2D eigenvalue weighted by Gasteiger charge is -2.08. The van der Waals surface area contributed by atoms with Gasteiger partial charge in [0.05, 0.1) is 10.7 Å². The van der Waals surface area contributed by atoms with E-state index in [9.17, 15) is 14.9 Å². The highest BCUT2D eigenvalue weighted by atomic mass is 32.2. The van der Waals surface area contributed by atoms with Crippen molar-refractivity contribution >= 4 is 29.0 Å². The number of hydrogen-bond acceptors (Lipinski definition) is 5. The topological polar surface area (TPSA) is 90.1 Å². The highest BCUT2D eigenvalue weighted by Gasteiger charge is 2.11. The standard InChI is InChI=1S/C18H16N4O3S/c23-17(20-15-7-4-8-16(11-15)22(24)25)13-26-18-19-9-10-21(18)12-14-5-2-1-3-6-14/h1-11H,12-13H2,(H,20,23). The molecule has 2 aromatic carbocycles. The molecule has 0 atom stereocenters. The summed E-state index contributed by atoms with van der Waals surface area (Å²) in [6, 6.07) is 15.8. The summed E-state index contributed by atoms with van der Waals surface area (Å²) in [6.07, 6.45) is 3.57. The van der Waals surface area contributed by atoms with E-state index in [2.05, 4.69) is 10.3 Å². The Bertz CT molecular complexity index is 912. The Morgan fingerprint density at radius 1 is 1.19 bits per heavy atom. The van der Waals surface area contributed by atoms with Crippen molar-refractivity contribution in [3.8, 4) is 0 Å². The molecule has 1 heterocycles. The first-order chi connectivity index (χ1) is 12.6. The second-order valence-corrected chi connectivity index (χ2v) is 6.41. The summed E-state index contributed by atoms with van der Waals surface area (Å²) in [7, 11) is 0. The number of imidazole rings is 1. The van der Waals surface area contributed by atoms with E-state index in [1.807, 2.05) is 41.1 Å². The molecule has 1 aromatic heterocycles. The third-order valence-corrected chi connectivity index (χ3v) is 4.55. The number of aromatic nitrogens is 2. The van der Waals surface area contributed by atoms with E-state index in [0.29, 0.717) is 12.2 Å². The van der Waals surface area contributed by atoms with Gasteiger partial charge in [-0.25, -0.2) is 4.98 Å². The number of carbonyl (C=O) groups is 1. The molecule has 1 amide bonds. The van der Waals surface area contributed by atoms with E-state index < -0.39 is 4.92 Å². The maximum Gasteiger partial charge on any atom is 0.271 e. The zero-order chi connectivity index (χ0) is 18.4. The van der Waals surface area contributed by atoms with Crippen LogP contribution in [0.25, 0.3) is 0 Å². The van der Waals surface area contributed by atoms with Crippen LogP contribution < -0.4 is 5.32 Å². The van der Waals surface area contributed by atoms with E-state index in [1.54, 1.807) is 12.3 Å². The minimum Gasteiger partial charge on any atom is -0.325 e. The zero-order valence-electron chi connectivity index (χ0n) is 13.7. The van der Waals surface area contributed by atoms with Gasteiger partial charge in [0.1, 0.15) is 0 Å². The minimum atomic E-state index is -0.495. The number of benzene rings is 2. The summed E-state index contributed by atoms with van der Waals surface area (Å²) in [5.74, 6) is -0.0844. The lowest BCUT2D eigenvalue weighted by molar-refractivity contribution is -0.384. The van der Waals surface area contributed by atoms with Gasteiger partial charge in [0, 0.05) is 36.8 Å². The number of thioether (sulfide) groups is 1. The predicted molar refractivity (Wildman–Crippen MR) is 100 cm³/mol. The van der Waals surface area contributed by atoms with Gasteiger partial charge < -0.3 is 9.88 Å². The lowest BCUT2D eigenvalue weighted by atomic mass is 10.2. The van der Waals surface area contributed by atoms with Crippen LogP contribution in [0.15, 0.2) is 72.1 Å². The molecule has 1 N–H and O–H groups in total. The molecule has 0 bridgehead atoms. The molecule has 26 heavy (non-hydrogen) atoms. The molecule has 0 saturated heterocycles.